The summed E-state index contributed by atoms with van der Waals surface area (Å²) in [6.45, 7) is 7.49. The smallest absolute Gasteiger partial charge is 0.191 e. The molecule has 0 radical (unpaired) electrons. The van der Waals surface area contributed by atoms with Gasteiger partial charge in [0.05, 0.1) is 40.0 Å². The minimum Gasteiger partial charge on any atom is -0.497 e. The van der Waals surface area contributed by atoms with E-state index in [1.807, 2.05) is 36.4 Å². The molecule has 1 heterocycles. The van der Waals surface area contributed by atoms with Crippen molar-refractivity contribution in [2.45, 2.75) is 19.5 Å². The first-order valence-electron chi connectivity index (χ1n) is 10.8. The molecule has 1 fully saturated rings. The Morgan fingerprint density at radius 2 is 1.77 bits per heavy atom. The number of nitrogens with zero attached hydrogens (tertiary/aromatic N) is 2. The average molecular weight is 427 g/mol. The van der Waals surface area contributed by atoms with E-state index in [0.29, 0.717) is 6.54 Å². The molecule has 1 aliphatic rings. The summed E-state index contributed by atoms with van der Waals surface area (Å²) >= 11 is 0. The van der Waals surface area contributed by atoms with Gasteiger partial charge in [-0.25, -0.2) is 4.99 Å². The Morgan fingerprint density at radius 1 is 1.03 bits per heavy atom. The zero-order valence-electron chi connectivity index (χ0n) is 18.8. The Balaban J connectivity index is 1.73. The minimum atomic E-state index is 0.213. The summed E-state index contributed by atoms with van der Waals surface area (Å²) in [5.74, 6) is 2.51. The summed E-state index contributed by atoms with van der Waals surface area (Å²) in [7, 11) is 3.38. The fourth-order valence-electron chi connectivity index (χ4n) is 3.71. The first kappa shape index (κ1) is 22.9. The number of hydrogen-bond acceptors (Lipinski definition) is 5. The van der Waals surface area contributed by atoms with Gasteiger partial charge < -0.3 is 24.8 Å². The summed E-state index contributed by atoms with van der Waals surface area (Å²) < 4.78 is 16.3. The van der Waals surface area contributed by atoms with Crippen LogP contribution in [0.4, 0.5) is 0 Å². The number of aliphatic imine (C=N–C) groups is 1. The second-order valence-electron chi connectivity index (χ2n) is 7.33. The number of ether oxygens (including phenoxy) is 3. The third kappa shape index (κ3) is 6.60. The molecule has 0 aliphatic carbocycles. The molecular formula is C24H34N4O3. The summed E-state index contributed by atoms with van der Waals surface area (Å²) in [4.78, 5) is 7.24. The standard InChI is InChI=1S/C24H34N4O3/c1-4-25-24(26-17-20-7-5-6-8-23(20)30-3)27-18-22(28-13-15-31-16-14-28)19-9-11-21(29-2)12-10-19/h5-12,22H,4,13-18H2,1-3H3,(H2,25,26,27). The molecule has 168 valence electrons. The maximum Gasteiger partial charge on any atom is 0.191 e. The van der Waals surface area contributed by atoms with Crippen LogP contribution in [0.25, 0.3) is 0 Å². The van der Waals surface area contributed by atoms with Crippen molar-refractivity contribution in [3.05, 3.63) is 59.7 Å². The van der Waals surface area contributed by atoms with E-state index in [0.717, 1.165) is 62.4 Å². The van der Waals surface area contributed by atoms with Crippen LogP contribution in [0.5, 0.6) is 11.5 Å². The van der Waals surface area contributed by atoms with E-state index in [9.17, 15) is 0 Å². The van der Waals surface area contributed by atoms with Crippen molar-refractivity contribution in [2.75, 3.05) is 53.6 Å². The maximum absolute atomic E-state index is 5.57. The van der Waals surface area contributed by atoms with Crippen molar-refractivity contribution < 1.29 is 14.2 Å². The van der Waals surface area contributed by atoms with Gasteiger partial charge >= 0.3 is 0 Å². The molecule has 0 spiro atoms. The van der Waals surface area contributed by atoms with Gasteiger partial charge in [0, 0.05) is 31.7 Å². The van der Waals surface area contributed by atoms with Crippen molar-refractivity contribution in [1.29, 1.82) is 0 Å². The summed E-state index contributed by atoms with van der Waals surface area (Å²) in [5.41, 5.74) is 2.30. The normalized spacial score (nSPS) is 15.9. The van der Waals surface area contributed by atoms with Crippen LogP contribution in [-0.4, -0.2) is 64.5 Å². The van der Waals surface area contributed by atoms with Crippen LogP contribution in [0.2, 0.25) is 0 Å². The van der Waals surface area contributed by atoms with Crippen molar-refractivity contribution in [1.82, 2.24) is 15.5 Å². The fraction of sp³-hybridized carbons (Fsp3) is 0.458. The molecular weight excluding hydrogens is 392 g/mol. The molecule has 0 bridgehead atoms. The van der Waals surface area contributed by atoms with Crippen molar-refractivity contribution >= 4 is 5.96 Å². The SMILES string of the molecule is CCNC(=NCc1ccccc1OC)NCC(c1ccc(OC)cc1)N1CCOCC1. The molecule has 1 unspecified atom stereocenters. The lowest BCUT2D eigenvalue weighted by molar-refractivity contribution is 0.0170. The lowest BCUT2D eigenvalue weighted by atomic mass is 10.0. The Hall–Kier alpha value is -2.77. The van der Waals surface area contributed by atoms with E-state index >= 15 is 0 Å². The van der Waals surface area contributed by atoms with Gasteiger partial charge in [0.15, 0.2) is 5.96 Å². The monoisotopic (exact) mass is 426 g/mol. The van der Waals surface area contributed by atoms with Crippen molar-refractivity contribution in [3.63, 3.8) is 0 Å². The van der Waals surface area contributed by atoms with E-state index in [2.05, 4.69) is 34.6 Å². The summed E-state index contributed by atoms with van der Waals surface area (Å²) in [6.07, 6.45) is 0. The fourth-order valence-corrected chi connectivity index (χ4v) is 3.71. The molecule has 2 N–H and O–H groups in total. The van der Waals surface area contributed by atoms with Crippen LogP contribution in [-0.2, 0) is 11.3 Å². The van der Waals surface area contributed by atoms with Crippen LogP contribution in [0.1, 0.15) is 24.1 Å². The van der Waals surface area contributed by atoms with Crippen LogP contribution in [0.3, 0.4) is 0 Å². The van der Waals surface area contributed by atoms with Gasteiger partial charge in [-0.1, -0.05) is 30.3 Å². The van der Waals surface area contributed by atoms with Gasteiger partial charge in [-0.3, -0.25) is 4.90 Å². The lowest BCUT2D eigenvalue weighted by Gasteiger charge is -2.35. The number of rotatable bonds is 9. The van der Waals surface area contributed by atoms with Gasteiger partial charge in [-0.2, -0.15) is 0 Å². The first-order valence-corrected chi connectivity index (χ1v) is 10.8. The zero-order chi connectivity index (χ0) is 21.9. The second kappa shape index (κ2) is 12.2. The predicted octanol–water partition coefficient (Wildman–Crippen LogP) is 2.83. The largest absolute Gasteiger partial charge is 0.497 e. The lowest BCUT2D eigenvalue weighted by Crippen LogP contribution is -2.46. The molecule has 0 amide bonds. The van der Waals surface area contributed by atoms with Crippen LogP contribution < -0.4 is 20.1 Å². The van der Waals surface area contributed by atoms with Gasteiger partial charge in [0.1, 0.15) is 11.5 Å². The highest BCUT2D eigenvalue weighted by Crippen LogP contribution is 2.24. The molecule has 3 rings (SSSR count). The van der Waals surface area contributed by atoms with Gasteiger partial charge in [-0.05, 0) is 30.7 Å². The highest BCUT2D eigenvalue weighted by atomic mass is 16.5. The minimum absolute atomic E-state index is 0.213. The van der Waals surface area contributed by atoms with Crippen LogP contribution in [0, 0.1) is 0 Å². The number of methoxy groups -OCH3 is 2. The van der Waals surface area contributed by atoms with E-state index in [1.165, 1.54) is 5.56 Å². The second-order valence-corrected chi connectivity index (χ2v) is 7.33. The number of morpholine rings is 1. The topological polar surface area (TPSA) is 67.4 Å². The molecule has 1 saturated heterocycles. The van der Waals surface area contributed by atoms with Crippen molar-refractivity contribution in [2.24, 2.45) is 4.99 Å². The van der Waals surface area contributed by atoms with Gasteiger partial charge in [0.25, 0.3) is 0 Å². The van der Waals surface area contributed by atoms with Gasteiger partial charge in [-0.15, -0.1) is 0 Å². The highest BCUT2D eigenvalue weighted by molar-refractivity contribution is 5.79. The molecule has 7 heteroatoms. The third-order valence-corrected chi connectivity index (χ3v) is 5.39. The number of nitrogens with one attached hydrogen (secondary N) is 2. The Bertz CT molecular complexity index is 820. The average Bonchev–Trinajstić information content (AvgIpc) is 2.83. The quantitative estimate of drug-likeness (QED) is 0.475. The summed E-state index contributed by atoms with van der Waals surface area (Å²) in [6, 6.07) is 16.5. The number of hydrogen-bond donors (Lipinski definition) is 2. The van der Waals surface area contributed by atoms with E-state index in [4.69, 9.17) is 19.2 Å². The molecule has 0 aromatic heterocycles. The molecule has 31 heavy (non-hydrogen) atoms. The number of benzene rings is 2. The Morgan fingerprint density at radius 3 is 2.45 bits per heavy atom. The van der Waals surface area contributed by atoms with Crippen LogP contribution >= 0.6 is 0 Å². The van der Waals surface area contributed by atoms with Gasteiger partial charge in [0.2, 0.25) is 0 Å². The molecule has 7 nitrogen and oxygen atoms in total. The zero-order valence-corrected chi connectivity index (χ0v) is 18.8. The maximum atomic E-state index is 5.57. The molecule has 0 saturated carbocycles. The number of guanidine groups is 1. The highest BCUT2D eigenvalue weighted by Gasteiger charge is 2.23. The first-order chi connectivity index (χ1) is 15.2. The Labute approximate surface area is 185 Å². The van der Waals surface area contributed by atoms with E-state index in [1.54, 1.807) is 14.2 Å². The molecule has 2 aromatic rings. The molecule has 1 atom stereocenters. The van der Waals surface area contributed by atoms with E-state index < -0.39 is 0 Å². The third-order valence-electron chi connectivity index (χ3n) is 5.39. The van der Waals surface area contributed by atoms with E-state index in [-0.39, 0.29) is 6.04 Å². The summed E-state index contributed by atoms with van der Waals surface area (Å²) in [5, 5.41) is 6.89. The number of para-hydroxylation sites is 1. The molecule has 1 aliphatic heterocycles. The molecule has 2 aromatic carbocycles. The van der Waals surface area contributed by atoms with Crippen molar-refractivity contribution in [3.8, 4) is 11.5 Å². The Kier molecular flexibility index (Phi) is 8.99. The predicted molar refractivity (Wildman–Crippen MR) is 124 cm³/mol. The van der Waals surface area contributed by atoms with Crippen LogP contribution in [0.15, 0.2) is 53.5 Å².